The number of thioether (sulfide) groups is 1. The summed E-state index contributed by atoms with van der Waals surface area (Å²) in [4.78, 5) is 0. The standard InChI is InChI=1S/C10H15NOS/c1-11-10(8-4-5-12-7-8)9-3-2-6-13-9/h4-5,7,9-11H,2-3,6H2,1H3. The Morgan fingerprint density at radius 2 is 2.62 bits per heavy atom. The van der Waals surface area contributed by atoms with Gasteiger partial charge in [0, 0.05) is 16.9 Å². The average Bonchev–Trinajstić information content (AvgIpc) is 2.76. The third kappa shape index (κ3) is 1.92. The molecule has 0 amide bonds. The van der Waals surface area contributed by atoms with Crippen molar-refractivity contribution in [1.29, 1.82) is 0 Å². The van der Waals surface area contributed by atoms with Crippen LogP contribution in [0.2, 0.25) is 0 Å². The molecule has 0 saturated carbocycles. The Bertz CT molecular complexity index is 241. The minimum atomic E-state index is 0.464. The monoisotopic (exact) mass is 197 g/mol. The zero-order valence-electron chi connectivity index (χ0n) is 7.82. The predicted octanol–water partition coefficient (Wildman–Crippen LogP) is 2.44. The fourth-order valence-corrected chi connectivity index (χ4v) is 3.34. The summed E-state index contributed by atoms with van der Waals surface area (Å²) in [5.41, 5.74) is 1.28. The van der Waals surface area contributed by atoms with Crippen molar-refractivity contribution in [3.05, 3.63) is 24.2 Å². The van der Waals surface area contributed by atoms with Gasteiger partial charge in [-0.05, 0) is 31.7 Å². The molecule has 3 heteroatoms. The SMILES string of the molecule is CNC(c1ccoc1)C1CCCS1. The van der Waals surface area contributed by atoms with Crippen LogP contribution in [0.25, 0.3) is 0 Å². The van der Waals surface area contributed by atoms with E-state index in [1.54, 1.807) is 6.26 Å². The van der Waals surface area contributed by atoms with Crippen LogP contribution in [0, 0.1) is 0 Å². The van der Waals surface area contributed by atoms with Crippen molar-refractivity contribution in [2.75, 3.05) is 12.8 Å². The van der Waals surface area contributed by atoms with E-state index in [1.807, 2.05) is 13.3 Å². The first-order valence-corrected chi connectivity index (χ1v) is 5.77. The van der Waals surface area contributed by atoms with Crippen LogP contribution in [0.5, 0.6) is 0 Å². The first kappa shape index (κ1) is 9.16. The second kappa shape index (κ2) is 4.20. The molecule has 2 rings (SSSR count). The van der Waals surface area contributed by atoms with Crippen LogP contribution in [-0.2, 0) is 0 Å². The Balaban J connectivity index is 2.08. The van der Waals surface area contributed by atoms with Gasteiger partial charge in [0.15, 0.2) is 0 Å². The minimum Gasteiger partial charge on any atom is -0.472 e. The van der Waals surface area contributed by atoms with Gasteiger partial charge in [-0.2, -0.15) is 11.8 Å². The van der Waals surface area contributed by atoms with Crippen LogP contribution < -0.4 is 5.32 Å². The maximum Gasteiger partial charge on any atom is 0.0950 e. The van der Waals surface area contributed by atoms with Gasteiger partial charge in [0.25, 0.3) is 0 Å². The van der Waals surface area contributed by atoms with Crippen LogP contribution in [0.15, 0.2) is 23.0 Å². The van der Waals surface area contributed by atoms with E-state index >= 15 is 0 Å². The second-order valence-corrected chi connectivity index (χ2v) is 4.72. The molecular formula is C10H15NOS. The molecule has 1 aliphatic rings. The van der Waals surface area contributed by atoms with E-state index in [0.717, 1.165) is 5.25 Å². The lowest BCUT2D eigenvalue weighted by molar-refractivity contribution is 0.526. The first-order chi connectivity index (χ1) is 6.42. The van der Waals surface area contributed by atoms with Crippen molar-refractivity contribution >= 4 is 11.8 Å². The van der Waals surface area contributed by atoms with Crippen LogP contribution in [0.1, 0.15) is 24.4 Å². The molecule has 0 radical (unpaired) electrons. The highest BCUT2D eigenvalue weighted by atomic mass is 32.2. The first-order valence-electron chi connectivity index (χ1n) is 4.73. The van der Waals surface area contributed by atoms with Gasteiger partial charge in [-0.1, -0.05) is 0 Å². The smallest absolute Gasteiger partial charge is 0.0950 e. The molecule has 1 aromatic rings. The van der Waals surface area contributed by atoms with E-state index in [4.69, 9.17) is 4.42 Å². The largest absolute Gasteiger partial charge is 0.472 e. The molecule has 2 unspecified atom stereocenters. The number of nitrogens with one attached hydrogen (secondary N) is 1. The van der Waals surface area contributed by atoms with Crippen LogP contribution >= 0.6 is 11.8 Å². The Morgan fingerprint density at radius 1 is 1.69 bits per heavy atom. The maximum absolute atomic E-state index is 5.11. The maximum atomic E-state index is 5.11. The zero-order chi connectivity index (χ0) is 9.10. The molecule has 13 heavy (non-hydrogen) atoms. The van der Waals surface area contributed by atoms with Crippen molar-refractivity contribution in [3.8, 4) is 0 Å². The van der Waals surface area contributed by atoms with Gasteiger partial charge in [0.05, 0.1) is 12.5 Å². The van der Waals surface area contributed by atoms with Crippen LogP contribution in [-0.4, -0.2) is 18.1 Å². The van der Waals surface area contributed by atoms with Crippen molar-refractivity contribution < 1.29 is 4.42 Å². The Labute approximate surface area is 83.1 Å². The highest BCUT2D eigenvalue weighted by Gasteiger charge is 2.26. The lowest BCUT2D eigenvalue weighted by Crippen LogP contribution is -2.25. The van der Waals surface area contributed by atoms with E-state index < -0.39 is 0 Å². The molecule has 0 aromatic carbocycles. The van der Waals surface area contributed by atoms with Gasteiger partial charge in [-0.25, -0.2) is 0 Å². The molecule has 72 valence electrons. The summed E-state index contributed by atoms with van der Waals surface area (Å²) in [6.45, 7) is 0. The van der Waals surface area contributed by atoms with Gasteiger partial charge in [0.2, 0.25) is 0 Å². The van der Waals surface area contributed by atoms with Crippen LogP contribution in [0.3, 0.4) is 0 Å². The van der Waals surface area contributed by atoms with Crippen molar-refractivity contribution in [2.45, 2.75) is 24.1 Å². The fraction of sp³-hybridized carbons (Fsp3) is 0.600. The molecule has 0 bridgehead atoms. The third-order valence-corrected chi connectivity index (χ3v) is 4.01. The molecule has 2 atom stereocenters. The van der Waals surface area contributed by atoms with E-state index in [-0.39, 0.29) is 0 Å². The van der Waals surface area contributed by atoms with E-state index in [2.05, 4.69) is 23.1 Å². The lowest BCUT2D eigenvalue weighted by atomic mass is 10.0. The van der Waals surface area contributed by atoms with Gasteiger partial charge in [0.1, 0.15) is 0 Å². The van der Waals surface area contributed by atoms with Crippen LogP contribution in [0.4, 0.5) is 0 Å². The molecule has 0 aliphatic carbocycles. The number of hydrogen-bond acceptors (Lipinski definition) is 3. The summed E-state index contributed by atoms with van der Waals surface area (Å²) in [5, 5.41) is 4.09. The molecular weight excluding hydrogens is 182 g/mol. The summed E-state index contributed by atoms with van der Waals surface area (Å²) in [6.07, 6.45) is 6.27. The van der Waals surface area contributed by atoms with Crippen molar-refractivity contribution in [1.82, 2.24) is 5.32 Å². The minimum absolute atomic E-state index is 0.464. The molecule has 0 spiro atoms. The normalized spacial score (nSPS) is 24.8. The number of rotatable bonds is 3. The lowest BCUT2D eigenvalue weighted by Gasteiger charge is -2.20. The highest BCUT2D eigenvalue weighted by molar-refractivity contribution is 8.00. The Hall–Kier alpha value is -0.410. The fourth-order valence-electron chi connectivity index (χ4n) is 1.88. The molecule has 1 aromatic heterocycles. The summed E-state index contributed by atoms with van der Waals surface area (Å²) < 4.78 is 5.11. The van der Waals surface area contributed by atoms with E-state index in [9.17, 15) is 0 Å². The van der Waals surface area contributed by atoms with E-state index in [0.29, 0.717) is 6.04 Å². The third-order valence-electron chi connectivity index (χ3n) is 2.55. The molecule has 1 fully saturated rings. The van der Waals surface area contributed by atoms with Gasteiger partial charge in [-0.3, -0.25) is 0 Å². The predicted molar refractivity (Wildman–Crippen MR) is 56.0 cm³/mol. The Kier molecular flexibility index (Phi) is 2.96. The topological polar surface area (TPSA) is 25.2 Å². The second-order valence-electron chi connectivity index (χ2n) is 3.37. The summed E-state index contributed by atoms with van der Waals surface area (Å²) in [5.74, 6) is 1.31. The molecule has 2 nitrogen and oxygen atoms in total. The zero-order valence-corrected chi connectivity index (χ0v) is 8.64. The highest BCUT2D eigenvalue weighted by Crippen LogP contribution is 2.35. The molecule has 1 aliphatic heterocycles. The van der Waals surface area contributed by atoms with Gasteiger partial charge < -0.3 is 9.73 Å². The van der Waals surface area contributed by atoms with E-state index in [1.165, 1.54) is 24.2 Å². The average molecular weight is 197 g/mol. The quantitative estimate of drug-likeness (QED) is 0.805. The molecule has 2 heterocycles. The van der Waals surface area contributed by atoms with Gasteiger partial charge in [-0.15, -0.1) is 0 Å². The van der Waals surface area contributed by atoms with Crippen molar-refractivity contribution in [2.24, 2.45) is 0 Å². The molecule has 1 saturated heterocycles. The van der Waals surface area contributed by atoms with Gasteiger partial charge >= 0.3 is 0 Å². The number of furan rings is 1. The summed E-state index contributed by atoms with van der Waals surface area (Å²) in [7, 11) is 2.02. The molecule has 1 N–H and O–H groups in total. The summed E-state index contributed by atoms with van der Waals surface area (Å²) >= 11 is 2.07. The number of hydrogen-bond donors (Lipinski definition) is 1. The Morgan fingerprint density at radius 3 is 3.15 bits per heavy atom. The summed E-state index contributed by atoms with van der Waals surface area (Å²) in [6, 6.07) is 2.52. The van der Waals surface area contributed by atoms with Crippen molar-refractivity contribution in [3.63, 3.8) is 0 Å².